The number of carbonyl (C=O) groups excluding carboxylic acids is 1. The minimum atomic E-state index is -1.07. The third-order valence-electron chi connectivity index (χ3n) is 2.73. The largest absolute Gasteiger partial charge is 0.493 e. The van der Waals surface area contributed by atoms with Crippen LogP contribution in [0.2, 0.25) is 5.02 Å². The molecule has 0 spiro atoms. The molecule has 6 heteroatoms. The Bertz CT molecular complexity index is 490. The molecule has 0 aliphatic heterocycles. The fourth-order valence-electron chi connectivity index (χ4n) is 1.48. The molecule has 104 valence electrons. The summed E-state index contributed by atoms with van der Waals surface area (Å²) < 4.78 is 5.35. The van der Waals surface area contributed by atoms with Gasteiger partial charge in [0, 0.05) is 12.1 Å². The van der Waals surface area contributed by atoms with Gasteiger partial charge in [-0.2, -0.15) is 0 Å². The molecule has 1 atom stereocenters. The molecule has 0 aliphatic rings. The molecule has 19 heavy (non-hydrogen) atoms. The van der Waals surface area contributed by atoms with Crippen LogP contribution in [-0.2, 0) is 4.79 Å². The number of hydrogen-bond donors (Lipinski definition) is 1. The average Bonchev–Trinajstić information content (AvgIpc) is 2.36. The fourth-order valence-corrected chi connectivity index (χ4v) is 1.64. The molecule has 0 aromatic heterocycles. The van der Waals surface area contributed by atoms with Crippen LogP contribution in [0.1, 0.15) is 24.2 Å². The van der Waals surface area contributed by atoms with Gasteiger partial charge in [-0.3, -0.25) is 4.79 Å². The zero-order valence-corrected chi connectivity index (χ0v) is 11.8. The Hall–Kier alpha value is -1.75. The molecule has 0 bridgehead atoms. The van der Waals surface area contributed by atoms with E-state index in [0.717, 1.165) is 4.90 Å². The monoisotopic (exact) mass is 285 g/mol. The van der Waals surface area contributed by atoms with Gasteiger partial charge in [0.15, 0.2) is 0 Å². The van der Waals surface area contributed by atoms with Gasteiger partial charge in [0.25, 0.3) is 5.91 Å². The summed E-state index contributed by atoms with van der Waals surface area (Å²) >= 11 is 5.85. The number of likely N-dealkylation sites (N-methyl/N-ethyl adjacent to an activating group) is 1. The highest BCUT2D eigenvalue weighted by Crippen LogP contribution is 2.25. The van der Waals surface area contributed by atoms with Crippen LogP contribution in [0.15, 0.2) is 18.2 Å². The van der Waals surface area contributed by atoms with Crippen LogP contribution >= 0.6 is 11.6 Å². The summed E-state index contributed by atoms with van der Waals surface area (Å²) in [5.41, 5.74) is 0.293. The standard InChI is InChI=1S/C13H16ClNO4/c1-4-19-11-7-9(14)5-6-10(11)12(16)15(3)8(2)13(17)18/h5-8H,4H2,1-3H3,(H,17,18). The van der Waals surface area contributed by atoms with E-state index >= 15 is 0 Å². The molecular weight excluding hydrogens is 270 g/mol. The van der Waals surface area contributed by atoms with Crippen molar-refractivity contribution in [3.8, 4) is 5.75 Å². The van der Waals surface area contributed by atoms with Crippen molar-refractivity contribution in [1.29, 1.82) is 0 Å². The van der Waals surface area contributed by atoms with Gasteiger partial charge >= 0.3 is 5.97 Å². The molecule has 0 saturated heterocycles. The number of nitrogens with zero attached hydrogens (tertiary/aromatic N) is 1. The Labute approximate surface area is 116 Å². The number of amides is 1. The van der Waals surface area contributed by atoms with Gasteiger partial charge in [0.2, 0.25) is 0 Å². The maximum atomic E-state index is 12.2. The van der Waals surface area contributed by atoms with Crippen LogP contribution in [0.5, 0.6) is 5.75 Å². The first kappa shape index (κ1) is 15.3. The second-order valence-electron chi connectivity index (χ2n) is 4.00. The molecular formula is C13H16ClNO4. The lowest BCUT2D eigenvalue weighted by atomic mass is 10.1. The molecule has 0 aliphatic carbocycles. The van der Waals surface area contributed by atoms with E-state index in [2.05, 4.69) is 0 Å². The topological polar surface area (TPSA) is 66.8 Å². The molecule has 1 N–H and O–H groups in total. The summed E-state index contributed by atoms with van der Waals surface area (Å²) in [5.74, 6) is -1.14. The van der Waals surface area contributed by atoms with E-state index in [4.69, 9.17) is 21.4 Å². The Balaban J connectivity index is 3.08. The van der Waals surface area contributed by atoms with Crippen molar-refractivity contribution >= 4 is 23.5 Å². The lowest BCUT2D eigenvalue weighted by molar-refractivity contribution is -0.141. The summed E-state index contributed by atoms with van der Waals surface area (Å²) in [6.45, 7) is 3.62. The molecule has 1 aromatic rings. The van der Waals surface area contributed by atoms with E-state index in [1.807, 2.05) is 0 Å². The highest BCUT2D eigenvalue weighted by molar-refractivity contribution is 6.30. The van der Waals surface area contributed by atoms with Gasteiger partial charge < -0.3 is 14.7 Å². The third kappa shape index (κ3) is 3.61. The number of ether oxygens (including phenoxy) is 1. The lowest BCUT2D eigenvalue weighted by Crippen LogP contribution is -2.40. The maximum absolute atomic E-state index is 12.2. The number of aliphatic carboxylic acids is 1. The van der Waals surface area contributed by atoms with Crippen LogP contribution in [-0.4, -0.2) is 41.6 Å². The summed E-state index contributed by atoms with van der Waals surface area (Å²) in [4.78, 5) is 24.3. The molecule has 5 nitrogen and oxygen atoms in total. The van der Waals surface area contributed by atoms with Crippen molar-refractivity contribution in [3.05, 3.63) is 28.8 Å². The number of carbonyl (C=O) groups is 2. The molecule has 0 heterocycles. The van der Waals surface area contributed by atoms with Crippen LogP contribution in [0.25, 0.3) is 0 Å². The van der Waals surface area contributed by atoms with Crippen molar-refractivity contribution in [1.82, 2.24) is 4.90 Å². The quantitative estimate of drug-likeness (QED) is 0.901. The van der Waals surface area contributed by atoms with Gasteiger partial charge in [0.1, 0.15) is 11.8 Å². The van der Waals surface area contributed by atoms with Gasteiger partial charge in [-0.15, -0.1) is 0 Å². The summed E-state index contributed by atoms with van der Waals surface area (Å²) in [6.07, 6.45) is 0. The molecule has 0 saturated carbocycles. The summed E-state index contributed by atoms with van der Waals surface area (Å²) in [6, 6.07) is 3.71. The minimum Gasteiger partial charge on any atom is -0.493 e. The third-order valence-corrected chi connectivity index (χ3v) is 2.97. The predicted octanol–water partition coefficient (Wildman–Crippen LogP) is 2.28. The Morgan fingerprint density at radius 3 is 2.63 bits per heavy atom. The first-order chi connectivity index (χ1) is 8.88. The van der Waals surface area contributed by atoms with E-state index in [-0.39, 0.29) is 0 Å². The van der Waals surface area contributed by atoms with Crippen molar-refractivity contribution in [2.24, 2.45) is 0 Å². The smallest absolute Gasteiger partial charge is 0.326 e. The normalized spacial score (nSPS) is 11.8. The number of halogens is 1. The second-order valence-corrected chi connectivity index (χ2v) is 4.44. The van der Waals surface area contributed by atoms with Crippen molar-refractivity contribution in [3.63, 3.8) is 0 Å². The van der Waals surface area contributed by atoms with E-state index in [9.17, 15) is 9.59 Å². The zero-order chi connectivity index (χ0) is 14.6. The van der Waals surface area contributed by atoms with E-state index in [0.29, 0.717) is 22.9 Å². The molecule has 1 rings (SSSR count). The second kappa shape index (κ2) is 6.43. The SMILES string of the molecule is CCOc1cc(Cl)ccc1C(=O)N(C)C(C)C(=O)O. The molecule has 1 amide bonds. The van der Waals surface area contributed by atoms with E-state index < -0.39 is 17.9 Å². The number of hydrogen-bond acceptors (Lipinski definition) is 3. The van der Waals surface area contributed by atoms with Crippen molar-refractivity contribution in [2.45, 2.75) is 19.9 Å². The van der Waals surface area contributed by atoms with Crippen LogP contribution in [0.4, 0.5) is 0 Å². The van der Waals surface area contributed by atoms with Crippen LogP contribution in [0.3, 0.4) is 0 Å². The molecule has 1 aromatic carbocycles. The van der Waals surface area contributed by atoms with Gasteiger partial charge in [-0.25, -0.2) is 4.79 Å². The van der Waals surface area contributed by atoms with Crippen molar-refractivity contribution < 1.29 is 19.4 Å². The number of benzene rings is 1. The first-order valence-corrected chi connectivity index (χ1v) is 6.18. The highest BCUT2D eigenvalue weighted by atomic mass is 35.5. The maximum Gasteiger partial charge on any atom is 0.326 e. The van der Waals surface area contributed by atoms with Crippen molar-refractivity contribution in [2.75, 3.05) is 13.7 Å². The minimum absolute atomic E-state index is 0.293. The summed E-state index contributed by atoms with van der Waals surface area (Å²) in [5, 5.41) is 9.37. The van der Waals surface area contributed by atoms with Crippen LogP contribution in [0, 0.1) is 0 Å². The molecule has 0 fully saturated rings. The Morgan fingerprint density at radius 1 is 1.47 bits per heavy atom. The fraction of sp³-hybridized carbons (Fsp3) is 0.385. The zero-order valence-electron chi connectivity index (χ0n) is 11.0. The predicted molar refractivity (Wildman–Crippen MR) is 71.8 cm³/mol. The average molecular weight is 286 g/mol. The highest BCUT2D eigenvalue weighted by Gasteiger charge is 2.25. The Morgan fingerprint density at radius 2 is 2.11 bits per heavy atom. The van der Waals surface area contributed by atoms with Crippen LogP contribution < -0.4 is 4.74 Å². The molecule has 0 radical (unpaired) electrons. The van der Waals surface area contributed by atoms with Gasteiger partial charge in [-0.1, -0.05) is 11.6 Å². The van der Waals surface area contributed by atoms with Gasteiger partial charge in [0.05, 0.1) is 12.2 Å². The van der Waals surface area contributed by atoms with E-state index in [1.54, 1.807) is 13.0 Å². The number of carboxylic acids is 1. The Kier molecular flexibility index (Phi) is 5.18. The number of carboxylic acid groups (broad SMARTS) is 1. The lowest BCUT2D eigenvalue weighted by Gasteiger charge is -2.22. The first-order valence-electron chi connectivity index (χ1n) is 5.80. The van der Waals surface area contributed by atoms with Gasteiger partial charge in [-0.05, 0) is 32.0 Å². The number of rotatable bonds is 5. The molecule has 1 unspecified atom stereocenters. The van der Waals surface area contributed by atoms with E-state index in [1.165, 1.54) is 26.1 Å². The summed E-state index contributed by atoms with van der Waals surface area (Å²) in [7, 11) is 1.44.